The number of benzene rings is 8. The Kier molecular flexibility index (Phi) is 10.7. The lowest BCUT2D eigenvalue weighted by atomic mass is 9.85. The Bertz CT molecular complexity index is 4120. The van der Waals surface area contributed by atoms with E-state index in [1.54, 1.807) is 0 Å². The number of fused-ring (bicyclic) bond motifs is 9. The van der Waals surface area contributed by atoms with E-state index in [0.29, 0.717) is 34.2 Å². The van der Waals surface area contributed by atoms with E-state index in [0.717, 1.165) is 82.4 Å². The Balaban J connectivity index is 1.25. The molecule has 7 nitrogen and oxygen atoms in total. The third-order valence-electron chi connectivity index (χ3n) is 15.3. The molecule has 4 aromatic heterocycles. The van der Waals surface area contributed by atoms with E-state index in [2.05, 4.69) is 183 Å². The van der Waals surface area contributed by atoms with E-state index >= 15 is 0 Å². The molecule has 370 valence electrons. The first-order valence-electron chi connectivity index (χ1n) is 26.2. The lowest BCUT2D eigenvalue weighted by molar-refractivity contribution is 0.590. The van der Waals surface area contributed by atoms with Gasteiger partial charge in [0, 0.05) is 44.1 Å². The van der Waals surface area contributed by atoms with Gasteiger partial charge in [-0.1, -0.05) is 180 Å². The van der Waals surface area contributed by atoms with E-state index in [4.69, 9.17) is 19.4 Å². The van der Waals surface area contributed by atoms with Crippen molar-refractivity contribution in [3.05, 3.63) is 186 Å². The van der Waals surface area contributed by atoms with Crippen molar-refractivity contribution < 1.29 is 4.42 Å². The van der Waals surface area contributed by atoms with Crippen LogP contribution in [0.4, 0.5) is 0 Å². The monoisotopic (exact) mass is 978 g/mol. The third kappa shape index (κ3) is 7.89. The molecular weight excluding hydrogens is 917 g/mol. The van der Waals surface area contributed by atoms with Crippen LogP contribution >= 0.6 is 0 Å². The van der Waals surface area contributed by atoms with Gasteiger partial charge in [-0.3, -0.25) is 0 Å². The molecule has 7 heteroatoms. The molecule has 0 aliphatic rings. The number of para-hydroxylation sites is 1. The maximum atomic E-state index is 12.1. The second kappa shape index (κ2) is 16.8. The second-order valence-electron chi connectivity index (χ2n) is 24.5. The van der Waals surface area contributed by atoms with Gasteiger partial charge in [-0.05, 0) is 98.5 Å². The van der Waals surface area contributed by atoms with Crippen LogP contribution in [0.1, 0.15) is 111 Å². The lowest BCUT2D eigenvalue weighted by Gasteiger charge is -2.20. The summed E-state index contributed by atoms with van der Waals surface area (Å²) in [6.07, 6.45) is 0. The van der Waals surface area contributed by atoms with Crippen LogP contribution in [0.3, 0.4) is 0 Å². The quantitative estimate of drug-likeness (QED) is 0.171. The second-order valence-corrected chi connectivity index (χ2v) is 24.5. The van der Waals surface area contributed by atoms with Gasteiger partial charge in [0.05, 0.1) is 44.4 Å². The van der Waals surface area contributed by atoms with E-state index in [1.165, 1.54) is 22.3 Å². The van der Waals surface area contributed by atoms with Gasteiger partial charge in [0.2, 0.25) is 0 Å². The minimum Gasteiger partial charge on any atom is -0.455 e. The van der Waals surface area contributed by atoms with Crippen molar-refractivity contribution in [2.75, 3.05) is 0 Å². The summed E-state index contributed by atoms with van der Waals surface area (Å²) >= 11 is 0. The van der Waals surface area contributed by atoms with Crippen molar-refractivity contribution in [2.45, 2.75) is 105 Å². The average molecular weight is 979 g/mol. The highest BCUT2D eigenvalue weighted by atomic mass is 16.3. The summed E-state index contributed by atoms with van der Waals surface area (Å²) in [6, 6.07) is 58.7. The first kappa shape index (κ1) is 47.7. The predicted octanol–water partition coefficient (Wildman–Crippen LogP) is 18.0. The third-order valence-corrected chi connectivity index (χ3v) is 15.3. The van der Waals surface area contributed by atoms with Gasteiger partial charge < -0.3 is 13.6 Å². The topological polar surface area (TPSA) is 85.5 Å². The molecule has 0 N–H and O–H groups in total. The highest BCUT2D eigenvalue weighted by Gasteiger charge is 2.30. The van der Waals surface area contributed by atoms with E-state index in [-0.39, 0.29) is 21.7 Å². The fourth-order valence-corrected chi connectivity index (χ4v) is 11.0. The molecule has 4 heterocycles. The number of nitrogens with zero attached hydrogens (tertiary/aromatic N) is 6. The van der Waals surface area contributed by atoms with Crippen LogP contribution in [0.5, 0.6) is 0 Å². The number of hydrogen-bond donors (Lipinski definition) is 0. The number of nitriles is 1. The summed E-state index contributed by atoms with van der Waals surface area (Å²) in [4.78, 5) is 15.4. The minimum absolute atomic E-state index is 0.0847. The molecule has 0 unspecified atom stereocenters. The van der Waals surface area contributed by atoms with Crippen LogP contribution in [-0.4, -0.2) is 24.1 Å². The van der Waals surface area contributed by atoms with Gasteiger partial charge >= 0.3 is 0 Å². The summed E-state index contributed by atoms with van der Waals surface area (Å²) in [6.45, 7) is 27.2. The first-order valence-corrected chi connectivity index (χ1v) is 26.2. The molecule has 0 bridgehead atoms. The molecule has 0 radical (unpaired) electrons. The average Bonchev–Trinajstić information content (AvgIpc) is 4.07. The Morgan fingerprint density at radius 2 is 0.813 bits per heavy atom. The fourth-order valence-electron chi connectivity index (χ4n) is 11.0. The van der Waals surface area contributed by atoms with Crippen LogP contribution in [-0.2, 0) is 21.7 Å². The Morgan fingerprint density at radius 3 is 1.21 bits per heavy atom. The largest absolute Gasteiger partial charge is 0.455 e. The molecule has 12 rings (SSSR count). The standard InChI is InChI=1S/C68H62N6O/c1-65(2,3)42-26-30-53-48(34-42)49-35-43(66(4,5)6)27-31-54(49)73(53)57-38-58-59(60(52(57)39-69)74-55-32-28-44(67(7,8)9)36-50(55)51-37-45(68(10,11)12)29-33-56(51)74)46-24-19-25-47(61(46)75-58)64-71-62(40-20-15-13-16-21-40)70-63(72-64)41-22-17-14-18-23-41/h13-38H,1-12H3. The summed E-state index contributed by atoms with van der Waals surface area (Å²) < 4.78 is 12.0. The normalized spacial score (nSPS) is 12.8. The van der Waals surface area contributed by atoms with Crippen molar-refractivity contribution in [1.29, 1.82) is 5.26 Å². The molecular formula is C68H62N6O. The van der Waals surface area contributed by atoms with Crippen LogP contribution in [0.2, 0.25) is 0 Å². The predicted molar refractivity (Wildman–Crippen MR) is 312 cm³/mol. The maximum Gasteiger partial charge on any atom is 0.167 e. The van der Waals surface area contributed by atoms with Gasteiger partial charge in [0.25, 0.3) is 0 Å². The van der Waals surface area contributed by atoms with E-state index in [9.17, 15) is 5.26 Å². The van der Waals surface area contributed by atoms with E-state index in [1.807, 2.05) is 72.8 Å². The van der Waals surface area contributed by atoms with Crippen LogP contribution in [0.15, 0.2) is 162 Å². The molecule has 0 aliphatic heterocycles. The molecule has 0 saturated carbocycles. The van der Waals surface area contributed by atoms with Crippen molar-refractivity contribution in [1.82, 2.24) is 24.1 Å². The highest BCUT2D eigenvalue weighted by molar-refractivity contribution is 6.18. The van der Waals surface area contributed by atoms with Crippen LogP contribution in [0.25, 0.3) is 111 Å². The number of hydrogen-bond acceptors (Lipinski definition) is 5. The van der Waals surface area contributed by atoms with Crippen LogP contribution in [0, 0.1) is 11.3 Å². The van der Waals surface area contributed by atoms with Gasteiger partial charge in [-0.25, -0.2) is 15.0 Å². The molecule has 0 spiro atoms. The van der Waals surface area contributed by atoms with Gasteiger partial charge in [-0.15, -0.1) is 0 Å². The minimum atomic E-state index is -0.0988. The van der Waals surface area contributed by atoms with Gasteiger partial charge in [-0.2, -0.15) is 5.26 Å². The lowest BCUT2D eigenvalue weighted by Crippen LogP contribution is -2.10. The molecule has 12 aromatic rings. The van der Waals surface area contributed by atoms with E-state index < -0.39 is 0 Å². The smallest absolute Gasteiger partial charge is 0.167 e. The number of furan rings is 1. The molecule has 0 fully saturated rings. The van der Waals surface area contributed by atoms with Crippen molar-refractivity contribution in [2.24, 2.45) is 0 Å². The summed E-state index contributed by atoms with van der Waals surface area (Å²) in [5.74, 6) is 1.61. The zero-order chi connectivity index (χ0) is 52.5. The molecule has 8 aromatic carbocycles. The Hall–Kier alpha value is -8.34. The van der Waals surface area contributed by atoms with Gasteiger partial charge in [0.1, 0.15) is 22.8 Å². The maximum absolute atomic E-state index is 12.1. The summed E-state index contributed by atoms with van der Waals surface area (Å²) in [7, 11) is 0. The summed E-state index contributed by atoms with van der Waals surface area (Å²) in [5.41, 5.74) is 14.4. The SMILES string of the molecule is CC(C)(C)c1ccc2c(c1)c1cc(C(C)(C)C)ccc1n2-c1cc2oc3c(-c4nc(-c5ccccc5)nc(-c5ccccc5)n4)cccc3c2c(-n2c3ccc(C(C)(C)C)cc3c3cc(C(C)(C)C)ccc32)c1C#N. The van der Waals surface area contributed by atoms with Crippen molar-refractivity contribution in [3.63, 3.8) is 0 Å². The zero-order valence-electron chi connectivity index (χ0n) is 45.1. The number of aromatic nitrogens is 5. The Morgan fingerprint density at radius 1 is 0.413 bits per heavy atom. The Labute approximate surface area is 439 Å². The van der Waals surface area contributed by atoms with Gasteiger partial charge in [0.15, 0.2) is 17.5 Å². The zero-order valence-corrected chi connectivity index (χ0v) is 45.1. The molecule has 0 atom stereocenters. The highest BCUT2D eigenvalue weighted by Crippen LogP contribution is 2.47. The molecule has 0 amide bonds. The fraction of sp³-hybridized carbons (Fsp3) is 0.235. The first-order chi connectivity index (χ1) is 35.7. The molecule has 0 saturated heterocycles. The van der Waals surface area contributed by atoms with Crippen molar-refractivity contribution >= 4 is 65.6 Å². The van der Waals surface area contributed by atoms with Crippen molar-refractivity contribution in [3.8, 4) is 51.6 Å². The molecule has 75 heavy (non-hydrogen) atoms. The van der Waals surface area contributed by atoms with Crippen LogP contribution < -0.4 is 0 Å². The molecule has 0 aliphatic carbocycles. The summed E-state index contributed by atoms with van der Waals surface area (Å²) in [5, 5.41) is 18.4. The number of rotatable bonds is 5.